The van der Waals surface area contributed by atoms with Crippen LogP contribution in [0.4, 0.5) is 0 Å². The first kappa shape index (κ1) is 12.5. The summed E-state index contributed by atoms with van der Waals surface area (Å²) < 4.78 is 27.6. The summed E-state index contributed by atoms with van der Waals surface area (Å²) in [5.74, 6) is 1.95. The maximum absolute atomic E-state index is 5.69. The van der Waals surface area contributed by atoms with Gasteiger partial charge in [0, 0.05) is 0 Å². The second-order valence-corrected chi connectivity index (χ2v) is 4.46. The molecular weight excluding hydrogens is 250 g/mol. The Hall–Kier alpha value is -1.53. The Bertz CT molecular complexity index is 445. The lowest BCUT2D eigenvalue weighted by atomic mass is 10.2. The minimum absolute atomic E-state index is 0.0387. The van der Waals surface area contributed by atoms with Crippen molar-refractivity contribution in [2.24, 2.45) is 0 Å². The minimum Gasteiger partial charge on any atom is -0.486 e. The molecule has 0 N–H and O–H groups in total. The quantitative estimate of drug-likeness (QED) is 0.813. The maximum atomic E-state index is 5.69. The lowest BCUT2D eigenvalue weighted by Crippen LogP contribution is -2.33. The number of hydrogen-bond donors (Lipinski definition) is 0. The average Bonchev–Trinajstić information content (AvgIpc) is 2.48. The zero-order valence-corrected chi connectivity index (χ0v) is 10.9. The van der Waals surface area contributed by atoms with Crippen molar-refractivity contribution >= 4 is 0 Å². The molecule has 1 aromatic rings. The SMILES string of the molecule is Cc1c(OCC2COCCO2)ncc2c1OCCO2. The van der Waals surface area contributed by atoms with Gasteiger partial charge in [-0.3, -0.25) is 0 Å². The van der Waals surface area contributed by atoms with E-state index in [4.69, 9.17) is 23.7 Å². The number of rotatable bonds is 3. The molecule has 0 amide bonds. The van der Waals surface area contributed by atoms with Crippen molar-refractivity contribution in [1.29, 1.82) is 0 Å². The van der Waals surface area contributed by atoms with Gasteiger partial charge in [-0.15, -0.1) is 0 Å². The monoisotopic (exact) mass is 267 g/mol. The second-order valence-electron chi connectivity index (χ2n) is 4.46. The van der Waals surface area contributed by atoms with Crippen LogP contribution in [0.2, 0.25) is 0 Å². The van der Waals surface area contributed by atoms with E-state index >= 15 is 0 Å². The largest absolute Gasteiger partial charge is 0.486 e. The molecule has 2 aliphatic heterocycles. The Morgan fingerprint density at radius 2 is 2.16 bits per heavy atom. The van der Waals surface area contributed by atoms with E-state index in [9.17, 15) is 0 Å². The summed E-state index contributed by atoms with van der Waals surface area (Å²) in [7, 11) is 0. The predicted molar refractivity (Wildman–Crippen MR) is 66.0 cm³/mol. The zero-order valence-electron chi connectivity index (χ0n) is 10.9. The predicted octanol–water partition coefficient (Wildman–Crippen LogP) is 0.955. The molecule has 0 aromatic carbocycles. The third-order valence-corrected chi connectivity index (χ3v) is 3.06. The highest BCUT2D eigenvalue weighted by Crippen LogP contribution is 2.36. The van der Waals surface area contributed by atoms with Crippen LogP contribution < -0.4 is 14.2 Å². The third-order valence-electron chi connectivity index (χ3n) is 3.06. The maximum Gasteiger partial charge on any atom is 0.220 e. The van der Waals surface area contributed by atoms with E-state index in [-0.39, 0.29) is 6.10 Å². The Morgan fingerprint density at radius 1 is 1.26 bits per heavy atom. The molecule has 2 aliphatic rings. The first-order chi connectivity index (χ1) is 9.34. The Kier molecular flexibility index (Phi) is 3.70. The van der Waals surface area contributed by atoms with Crippen LogP contribution in [-0.2, 0) is 9.47 Å². The first-order valence-electron chi connectivity index (χ1n) is 6.42. The van der Waals surface area contributed by atoms with Crippen molar-refractivity contribution in [2.45, 2.75) is 13.0 Å². The van der Waals surface area contributed by atoms with Gasteiger partial charge in [-0.1, -0.05) is 0 Å². The topological polar surface area (TPSA) is 59.0 Å². The molecule has 1 fully saturated rings. The van der Waals surface area contributed by atoms with Crippen molar-refractivity contribution in [2.75, 3.05) is 39.6 Å². The highest BCUT2D eigenvalue weighted by molar-refractivity contribution is 5.49. The fraction of sp³-hybridized carbons (Fsp3) is 0.615. The number of ether oxygens (including phenoxy) is 5. The van der Waals surface area contributed by atoms with Crippen LogP contribution in [0.5, 0.6) is 17.4 Å². The molecule has 6 heteroatoms. The van der Waals surface area contributed by atoms with Gasteiger partial charge in [0.2, 0.25) is 5.88 Å². The Labute approximate surface area is 111 Å². The van der Waals surface area contributed by atoms with E-state index in [2.05, 4.69) is 4.98 Å². The molecule has 0 spiro atoms. The highest BCUT2D eigenvalue weighted by Gasteiger charge is 2.20. The molecule has 0 saturated carbocycles. The van der Waals surface area contributed by atoms with Gasteiger partial charge in [-0.25, -0.2) is 4.98 Å². The van der Waals surface area contributed by atoms with Crippen molar-refractivity contribution in [3.63, 3.8) is 0 Å². The van der Waals surface area contributed by atoms with Crippen molar-refractivity contribution in [3.8, 4) is 17.4 Å². The molecule has 19 heavy (non-hydrogen) atoms. The summed E-state index contributed by atoms with van der Waals surface area (Å²) in [5.41, 5.74) is 0.855. The van der Waals surface area contributed by atoms with Gasteiger partial charge < -0.3 is 23.7 Å². The number of aromatic nitrogens is 1. The summed E-state index contributed by atoms with van der Waals surface area (Å²) in [5, 5.41) is 0. The van der Waals surface area contributed by atoms with E-state index in [1.165, 1.54) is 0 Å². The highest BCUT2D eigenvalue weighted by atomic mass is 16.6. The molecule has 0 aliphatic carbocycles. The molecular formula is C13H17NO5. The number of fused-ring (bicyclic) bond motifs is 1. The summed E-state index contributed by atoms with van der Waals surface area (Å²) in [6.07, 6.45) is 1.60. The van der Waals surface area contributed by atoms with Crippen LogP contribution in [0.3, 0.4) is 0 Å². The molecule has 3 heterocycles. The summed E-state index contributed by atoms with van der Waals surface area (Å²) in [4.78, 5) is 4.25. The van der Waals surface area contributed by atoms with Crippen molar-refractivity contribution < 1.29 is 23.7 Å². The molecule has 1 aromatic heterocycles. The summed E-state index contributed by atoms with van der Waals surface area (Å²) in [6.45, 7) is 5.27. The van der Waals surface area contributed by atoms with E-state index < -0.39 is 0 Å². The number of nitrogens with zero attached hydrogens (tertiary/aromatic N) is 1. The van der Waals surface area contributed by atoms with Gasteiger partial charge in [0.15, 0.2) is 11.5 Å². The van der Waals surface area contributed by atoms with Crippen LogP contribution in [0, 0.1) is 6.92 Å². The molecule has 1 unspecified atom stereocenters. The summed E-state index contributed by atoms with van der Waals surface area (Å²) in [6, 6.07) is 0. The zero-order chi connectivity index (χ0) is 13.1. The van der Waals surface area contributed by atoms with Gasteiger partial charge in [-0.05, 0) is 6.92 Å². The second kappa shape index (κ2) is 5.63. The van der Waals surface area contributed by atoms with Gasteiger partial charge in [0.1, 0.15) is 25.9 Å². The van der Waals surface area contributed by atoms with Crippen LogP contribution in [0.15, 0.2) is 6.20 Å². The van der Waals surface area contributed by atoms with E-state index in [1.807, 2.05) is 6.92 Å². The molecule has 6 nitrogen and oxygen atoms in total. The molecule has 3 rings (SSSR count). The first-order valence-corrected chi connectivity index (χ1v) is 6.42. The van der Waals surface area contributed by atoms with Crippen molar-refractivity contribution in [3.05, 3.63) is 11.8 Å². The van der Waals surface area contributed by atoms with E-state index in [0.29, 0.717) is 51.3 Å². The van der Waals surface area contributed by atoms with Crippen LogP contribution in [0.1, 0.15) is 5.56 Å². The van der Waals surface area contributed by atoms with Gasteiger partial charge in [-0.2, -0.15) is 0 Å². The fourth-order valence-corrected chi connectivity index (χ4v) is 2.08. The number of pyridine rings is 1. The minimum atomic E-state index is -0.0387. The molecule has 104 valence electrons. The van der Waals surface area contributed by atoms with Crippen LogP contribution in [0.25, 0.3) is 0 Å². The van der Waals surface area contributed by atoms with E-state index in [0.717, 1.165) is 11.3 Å². The van der Waals surface area contributed by atoms with E-state index in [1.54, 1.807) is 6.20 Å². The molecule has 1 atom stereocenters. The number of hydrogen-bond acceptors (Lipinski definition) is 6. The Morgan fingerprint density at radius 3 is 3.00 bits per heavy atom. The van der Waals surface area contributed by atoms with Crippen molar-refractivity contribution in [1.82, 2.24) is 4.98 Å². The average molecular weight is 267 g/mol. The smallest absolute Gasteiger partial charge is 0.220 e. The third kappa shape index (κ3) is 2.74. The lowest BCUT2D eigenvalue weighted by molar-refractivity contribution is -0.102. The molecule has 1 saturated heterocycles. The van der Waals surface area contributed by atoms with Crippen LogP contribution >= 0.6 is 0 Å². The van der Waals surface area contributed by atoms with Crippen LogP contribution in [-0.4, -0.2) is 50.7 Å². The van der Waals surface area contributed by atoms with Gasteiger partial charge in [0.05, 0.1) is 31.6 Å². The normalized spacial score (nSPS) is 22.1. The lowest BCUT2D eigenvalue weighted by Gasteiger charge is -2.24. The van der Waals surface area contributed by atoms with Gasteiger partial charge >= 0.3 is 0 Å². The summed E-state index contributed by atoms with van der Waals surface area (Å²) >= 11 is 0. The fourth-order valence-electron chi connectivity index (χ4n) is 2.08. The Balaban J connectivity index is 1.67. The molecule has 0 radical (unpaired) electrons. The standard InChI is InChI=1S/C13H17NO5/c1-9-12-11(17-4-5-18-12)6-14-13(9)19-8-10-7-15-2-3-16-10/h6,10H,2-5,7-8H2,1H3. The van der Waals surface area contributed by atoms with Gasteiger partial charge in [0.25, 0.3) is 0 Å². The molecule has 0 bridgehead atoms.